The Morgan fingerprint density at radius 1 is 1.31 bits per heavy atom. The average Bonchev–Trinajstić information content (AvgIpc) is 3.35. The summed E-state index contributed by atoms with van der Waals surface area (Å²) >= 11 is 0. The van der Waals surface area contributed by atoms with Gasteiger partial charge in [-0.05, 0) is 43.1 Å². The van der Waals surface area contributed by atoms with E-state index in [1.54, 1.807) is 12.0 Å². The van der Waals surface area contributed by atoms with Crippen LogP contribution in [-0.2, 0) is 6.54 Å². The first kappa shape index (κ1) is 19.0. The average molecular weight is 360 g/mol. The molecule has 1 aromatic rings. The minimum atomic E-state index is -0.0396. The Kier molecular flexibility index (Phi) is 6.41. The van der Waals surface area contributed by atoms with Gasteiger partial charge in [0.2, 0.25) is 0 Å². The summed E-state index contributed by atoms with van der Waals surface area (Å²) in [6.45, 7) is 1.89. The highest BCUT2D eigenvalue weighted by molar-refractivity contribution is 5.74. The van der Waals surface area contributed by atoms with Crippen molar-refractivity contribution in [3.63, 3.8) is 0 Å². The van der Waals surface area contributed by atoms with Gasteiger partial charge in [0.15, 0.2) is 0 Å². The van der Waals surface area contributed by atoms with Crippen molar-refractivity contribution < 1.29 is 14.6 Å². The van der Waals surface area contributed by atoms with E-state index in [0.29, 0.717) is 30.8 Å². The van der Waals surface area contributed by atoms with Gasteiger partial charge in [0.25, 0.3) is 0 Å². The lowest BCUT2D eigenvalue weighted by atomic mass is 9.84. The van der Waals surface area contributed by atoms with E-state index in [1.165, 1.54) is 38.5 Å². The molecular weight excluding hydrogens is 328 g/mol. The van der Waals surface area contributed by atoms with E-state index in [-0.39, 0.29) is 12.6 Å². The first-order chi connectivity index (χ1) is 12.7. The van der Waals surface area contributed by atoms with Gasteiger partial charge in [-0.15, -0.1) is 0 Å². The molecular formula is C21H32N2O3. The molecule has 1 aromatic carbocycles. The predicted molar refractivity (Wildman–Crippen MR) is 102 cm³/mol. The third-order valence-corrected chi connectivity index (χ3v) is 6.13. The Morgan fingerprint density at radius 2 is 2.08 bits per heavy atom. The molecule has 0 aliphatic heterocycles. The van der Waals surface area contributed by atoms with Gasteiger partial charge >= 0.3 is 6.03 Å². The fourth-order valence-corrected chi connectivity index (χ4v) is 4.46. The Balaban J connectivity index is 1.55. The quantitative estimate of drug-likeness (QED) is 0.745. The molecule has 0 bridgehead atoms. The summed E-state index contributed by atoms with van der Waals surface area (Å²) in [7, 11) is 1.65. The van der Waals surface area contributed by atoms with Gasteiger partial charge in [-0.1, -0.05) is 37.5 Å². The van der Waals surface area contributed by atoms with E-state index >= 15 is 0 Å². The van der Waals surface area contributed by atoms with Crippen LogP contribution < -0.4 is 10.1 Å². The van der Waals surface area contributed by atoms with Gasteiger partial charge in [0, 0.05) is 25.3 Å². The van der Waals surface area contributed by atoms with Crippen LogP contribution in [0.2, 0.25) is 0 Å². The lowest BCUT2D eigenvalue weighted by Crippen LogP contribution is -2.41. The highest BCUT2D eigenvalue weighted by Gasteiger charge is 2.53. The molecule has 26 heavy (non-hydrogen) atoms. The fraction of sp³-hybridized carbons (Fsp3) is 0.667. The SMILES string of the molecule is COc1ccccc1CN(CCCO)C(=O)NC[C@H]1CC12CCCCC2. The standard InChI is InChI=1S/C21H32N2O3/c1-26-19-9-4-3-8-17(19)16-23(12-7-13-24)20(25)22-15-18-14-21(18)10-5-2-6-11-21/h3-4,8-9,18,24H,2,5-7,10-16H2,1H3,(H,22,25)/t18-/m1/s1. The largest absolute Gasteiger partial charge is 0.496 e. The topological polar surface area (TPSA) is 61.8 Å². The lowest BCUT2D eigenvalue weighted by Gasteiger charge is -2.25. The molecule has 2 saturated carbocycles. The molecule has 0 unspecified atom stereocenters. The zero-order valence-electron chi connectivity index (χ0n) is 15.9. The number of nitrogens with zero attached hydrogens (tertiary/aromatic N) is 1. The molecule has 0 saturated heterocycles. The maximum atomic E-state index is 12.7. The number of aliphatic hydroxyl groups excluding tert-OH is 1. The fourth-order valence-electron chi connectivity index (χ4n) is 4.46. The molecule has 1 spiro atoms. The van der Waals surface area contributed by atoms with Gasteiger partial charge in [0.05, 0.1) is 13.7 Å². The number of benzene rings is 1. The van der Waals surface area contributed by atoms with Crippen LogP contribution >= 0.6 is 0 Å². The smallest absolute Gasteiger partial charge is 0.317 e. The first-order valence-corrected chi connectivity index (χ1v) is 9.94. The van der Waals surface area contributed by atoms with Crippen molar-refractivity contribution in [1.82, 2.24) is 10.2 Å². The molecule has 0 aromatic heterocycles. The summed E-state index contributed by atoms with van der Waals surface area (Å²) in [4.78, 5) is 14.5. The molecule has 3 rings (SSSR count). The Morgan fingerprint density at radius 3 is 2.81 bits per heavy atom. The van der Waals surface area contributed by atoms with Crippen LogP contribution in [0.25, 0.3) is 0 Å². The number of amides is 2. The second kappa shape index (κ2) is 8.76. The Labute approximate surface area is 156 Å². The normalized spacial score (nSPS) is 20.6. The highest BCUT2D eigenvalue weighted by Crippen LogP contribution is 2.60. The number of rotatable bonds is 8. The number of para-hydroxylation sites is 1. The van der Waals surface area contributed by atoms with Gasteiger partial charge in [-0.2, -0.15) is 0 Å². The van der Waals surface area contributed by atoms with Crippen LogP contribution in [0.15, 0.2) is 24.3 Å². The first-order valence-electron chi connectivity index (χ1n) is 9.94. The van der Waals surface area contributed by atoms with E-state index in [0.717, 1.165) is 17.9 Å². The third-order valence-electron chi connectivity index (χ3n) is 6.13. The lowest BCUT2D eigenvalue weighted by molar-refractivity contribution is 0.184. The van der Waals surface area contributed by atoms with Crippen molar-refractivity contribution in [2.24, 2.45) is 11.3 Å². The number of carbonyl (C=O) groups excluding carboxylic acids is 1. The van der Waals surface area contributed by atoms with Crippen molar-refractivity contribution in [3.05, 3.63) is 29.8 Å². The van der Waals surface area contributed by atoms with Gasteiger partial charge < -0.3 is 20.1 Å². The molecule has 5 heteroatoms. The molecule has 2 N–H and O–H groups in total. The number of hydrogen-bond donors (Lipinski definition) is 2. The van der Waals surface area contributed by atoms with Gasteiger partial charge in [0.1, 0.15) is 5.75 Å². The van der Waals surface area contributed by atoms with Crippen LogP contribution in [-0.4, -0.2) is 42.8 Å². The summed E-state index contributed by atoms with van der Waals surface area (Å²) in [6, 6.07) is 7.74. The molecule has 0 heterocycles. The summed E-state index contributed by atoms with van der Waals surface area (Å²) in [5, 5.41) is 12.3. The van der Waals surface area contributed by atoms with Crippen LogP contribution in [0, 0.1) is 11.3 Å². The van der Waals surface area contributed by atoms with Crippen molar-refractivity contribution >= 4 is 6.03 Å². The number of carbonyl (C=O) groups is 1. The summed E-state index contributed by atoms with van der Waals surface area (Å²) in [6.07, 6.45) is 8.59. The molecule has 0 radical (unpaired) electrons. The predicted octanol–water partition coefficient (Wildman–Crippen LogP) is 3.56. The van der Waals surface area contributed by atoms with Crippen molar-refractivity contribution in [3.8, 4) is 5.75 Å². The zero-order valence-corrected chi connectivity index (χ0v) is 15.9. The van der Waals surface area contributed by atoms with Crippen molar-refractivity contribution in [1.29, 1.82) is 0 Å². The second-order valence-corrected chi connectivity index (χ2v) is 7.82. The molecule has 5 nitrogen and oxygen atoms in total. The molecule has 144 valence electrons. The monoisotopic (exact) mass is 360 g/mol. The van der Waals surface area contributed by atoms with Crippen molar-refractivity contribution in [2.45, 2.75) is 51.5 Å². The van der Waals surface area contributed by atoms with E-state index < -0.39 is 0 Å². The number of ether oxygens (including phenoxy) is 1. The number of hydrogen-bond acceptors (Lipinski definition) is 3. The molecule has 1 atom stereocenters. The van der Waals surface area contributed by atoms with E-state index in [2.05, 4.69) is 5.32 Å². The number of urea groups is 1. The minimum Gasteiger partial charge on any atom is -0.496 e. The van der Waals surface area contributed by atoms with Gasteiger partial charge in [-0.3, -0.25) is 0 Å². The molecule has 2 aliphatic rings. The van der Waals surface area contributed by atoms with Crippen LogP contribution in [0.4, 0.5) is 4.79 Å². The second-order valence-electron chi connectivity index (χ2n) is 7.82. The number of nitrogens with one attached hydrogen (secondary N) is 1. The summed E-state index contributed by atoms with van der Waals surface area (Å²) in [5.41, 5.74) is 1.52. The zero-order chi connectivity index (χ0) is 18.4. The highest BCUT2D eigenvalue weighted by atomic mass is 16.5. The number of methoxy groups -OCH3 is 1. The minimum absolute atomic E-state index is 0.0396. The van der Waals surface area contributed by atoms with Gasteiger partial charge in [-0.25, -0.2) is 4.79 Å². The Hall–Kier alpha value is -1.75. The van der Waals surface area contributed by atoms with E-state index in [1.807, 2.05) is 24.3 Å². The summed E-state index contributed by atoms with van der Waals surface area (Å²) in [5.74, 6) is 1.44. The summed E-state index contributed by atoms with van der Waals surface area (Å²) < 4.78 is 5.41. The molecule has 2 amide bonds. The molecule has 2 fully saturated rings. The van der Waals surface area contributed by atoms with Crippen molar-refractivity contribution in [2.75, 3.05) is 26.8 Å². The van der Waals surface area contributed by atoms with E-state index in [9.17, 15) is 9.90 Å². The Bertz CT molecular complexity index is 599. The van der Waals surface area contributed by atoms with Crippen LogP contribution in [0.1, 0.15) is 50.5 Å². The maximum absolute atomic E-state index is 12.7. The van der Waals surface area contributed by atoms with E-state index in [4.69, 9.17) is 4.74 Å². The number of aliphatic hydroxyl groups is 1. The molecule has 2 aliphatic carbocycles. The van der Waals surface area contributed by atoms with Crippen LogP contribution in [0.3, 0.4) is 0 Å². The maximum Gasteiger partial charge on any atom is 0.317 e. The third kappa shape index (κ3) is 4.50. The van der Waals surface area contributed by atoms with Crippen LogP contribution in [0.5, 0.6) is 5.75 Å².